The normalized spacial score (nSPS) is 10.3. The minimum Gasteiger partial charge on any atom is -0.313 e. The predicted molar refractivity (Wildman–Crippen MR) is 113 cm³/mol. The van der Waals surface area contributed by atoms with Crippen molar-refractivity contribution in [1.82, 2.24) is 10.2 Å². The first-order chi connectivity index (χ1) is 10.8. The summed E-state index contributed by atoms with van der Waals surface area (Å²) in [5.41, 5.74) is 2.82. The van der Waals surface area contributed by atoms with Crippen molar-refractivity contribution in [3.8, 4) is 0 Å². The van der Waals surface area contributed by atoms with Crippen molar-refractivity contribution in [2.45, 2.75) is 65.8 Å². The molecule has 142 valence electrons. The minimum atomic E-state index is 0. The lowest BCUT2D eigenvalue weighted by atomic mass is 10.1. The van der Waals surface area contributed by atoms with Crippen LogP contribution in [0.2, 0.25) is 0 Å². The van der Waals surface area contributed by atoms with Crippen molar-refractivity contribution in [2.75, 3.05) is 26.2 Å². The monoisotopic (exact) mass is 376 g/mol. The van der Waals surface area contributed by atoms with Crippen molar-refractivity contribution < 1.29 is 0 Å². The molecular weight excluding hydrogens is 339 g/mol. The minimum absolute atomic E-state index is 0. The van der Waals surface area contributed by atoms with Crippen LogP contribution in [-0.2, 0) is 13.0 Å². The Hall–Kier alpha value is -0.280. The van der Waals surface area contributed by atoms with Gasteiger partial charge in [0.15, 0.2) is 0 Å². The summed E-state index contributed by atoms with van der Waals surface area (Å²) in [6.45, 7) is 12.7. The van der Waals surface area contributed by atoms with Crippen molar-refractivity contribution in [3.05, 3.63) is 35.4 Å². The molecule has 0 spiro atoms. The lowest BCUT2D eigenvalue weighted by Crippen LogP contribution is -2.29. The third-order valence-corrected chi connectivity index (χ3v) is 4.24. The van der Waals surface area contributed by atoms with Crippen LogP contribution in [0.25, 0.3) is 0 Å². The highest BCUT2D eigenvalue weighted by Gasteiger charge is 2.03. The van der Waals surface area contributed by atoms with Crippen LogP contribution >= 0.6 is 24.8 Å². The van der Waals surface area contributed by atoms with Crippen LogP contribution in [0.3, 0.4) is 0 Å². The first-order valence-corrected chi connectivity index (χ1v) is 9.31. The molecular formula is C20H38Cl2N2. The van der Waals surface area contributed by atoms with E-state index in [-0.39, 0.29) is 24.8 Å². The summed E-state index contributed by atoms with van der Waals surface area (Å²) < 4.78 is 0. The van der Waals surface area contributed by atoms with Crippen LogP contribution in [-0.4, -0.2) is 31.1 Å². The Labute approximate surface area is 162 Å². The van der Waals surface area contributed by atoms with E-state index < -0.39 is 0 Å². The number of nitrogens with zero attached hydrogens (tertiary/aromatic N) is 1. The molecule has 1 N–H and O–H groups in total. The van der Waals surface area contributed by atoms with Gasteiger partial charge in [-0.05, 0) is 63.0 Å². The Morgan fingerprint density at radius 1 is 0.750 bits per heavy atom. The maximum absolute atomic E-state index is 3.58. The Balaban J connectivity index is 0. The van der Waals surface area contributed by atoms with Crippen LogP contribution in [0.1, 0.15) is 64.0 Å². The third kappa shape index (κ3) is 12.1. The Morgan fingerprint density at radius 2 is 1.25 bits per heavy atom. The molecule has 0 aliphatic carbocycles. The van der Waals surface area contributed by atoms with Crippen molar-refractivity contribution in [1.29, 1.82) is 0 Å². The summed E-state index contributed by atoms with van der Waals surface area (Å²) in [6, 6.07) is 8.99. The number of benzene rings is 1. The summed E-state index contributed by atoms with van der Waals surface area (Å²) in [4.78, 5) is 2.64. The quantitative estimate of drug-likeness (QED) is 0.458. The topological polar surface area (TPSA) is 15.3 Å². The standard InChI is InChI=1S/C20H36N2.2ClH/c1-4-7-15-22(16-8-5-2)17-9-14-21-18-20-12-10-19(6-3)11-13-20;;/h10-13,21H,4-9,14-18H2,1-3H3;2*1H. The Bertz CT molecular complexity index is 360. The fourth-order valence-corrected chi connectivity index (χ4v) is 2.65. The van der Waals surface area contributed by atoms with Gasteiger partial charge in [0.25, 0.3) is 0 Å². The zero-order chi connectivity index (χ0) is 16.0. The number of halogens is 2. The Morgan fingerprint density at radius 3 is 1.75 bits per heavy atom. The molecule has 2 nitrogen and oxygen atoms in total. The number of unbranched alkanes of at least 4 members (excludes halogenated alkanes) is 2. The van der Waals surface area contributed by atoms with Gasteiger partial charge in [0, 0.05) is 6.54 Å². The molecule has 0 amide bonds. The van der Waals surface area contributed by atoms with Gasteiger partial charge in [-0.2, -0.15) is 0 Å². The van der Waals surface area contributed by atoms with E-state index >= 15 is 0 Å². The summed E-state index contributed by atoms with van der Waals surface area (Å²) in [5.74, 6) is 0. The second kappa shape index (κ2) is 17.5. The molecule has 0 saturated carbocycles. The zero-order valence-corrected chi connectivity index (χ0v) is 17.5. The summed E-state index contributed by atoms with van der Waals surface area (Å²) in [6.07, 6.45) is 7.64. The van der Waals surface area contributed by atoms with Crippen LogP contribution in [0, 0.1) is 0 Å². The van der Waals surface area contributed by atoms with Crippen molar-refractivity contribution in [2.24, 2.45) is 0 Å². The number of rotatable bonds is 13. The number of hydrogen-bond acceptors (Lipinski definition) is 2. The van der Waals surface area contributed by atoms with Gasteiger partial charge in [0.2, 0.25) is 0 Å². The maximum atomic E-state index is 3.58. The average molecular weight is 377 g/mol. The molecule has 24 heavy (non-hydrogen) atoms. The van der Waals surface area contributed by atoms with Crippen molar-refractivity contribution >= 4 is 24.8 Å². The van der Waals surface area contributed by atoms with E-state index in [4.69, 9.17) is 0 Å². The summed E-state index contributed by atoms with van der Waals surface area (Å²) in [7, 11) is 0. The number of aryl methyl sites for hydroxylation is 1. The number of nitrogens with one attached hydrogen (secondary N) is 1. The lowest BCUT2D eigenvalue weighted by molar-refractivity contribution is 0.261. The molecule has 1 aromatic rings. The van der Waals surface area contributed by atoms with E-state index in [0.29, 0.717) is 0 Å². The average Bonchev–Trinajstić information content (AvgIpc) is 2.56. The zero-order valence-electron chi connectivity index (χ0n) is 15.9. The lowest BCUT2D eigenvalue weighted by Gasteiger charge is -2.22. The highest BCUT2D eigenvalue weighted by Crippen LogP contribution is 2.05. The van der Waals surface area contributed by atoms with Gasteiger partial charge in [-0.25, -0.2) is 0 Å². The maximum Gasteiger partial charge on any atom is 0.0205 e. The SMILES string of the molecule is CCCCN(CCCC)CCCNCc1ccc(CC)cc1.Cl.Cl. The van der Waals surface area contributed by atoms with E-state index in [1.807, 2.05) is 0 Å². The molecule has 0 fully saturated rings. The van der Waals surface area contributed by atoms with Gasteiger partial charge in [-0.15, -0.1) is 24.8 Å². The second-order valence-corrected chi connectivity index (χ2v) is 6.25. The molecule has 0 saturated heterocycles. The molecule has 0 radical (unpaired) electrons. The Kier molecular flexibility index (Phi) is 19.0. The van der Waals surface area contributed by atoms with Gasteiger partial charge in [0.1, 0.15) is 0 Å². The number of hydrogen-bond donors (Lipinski definition) is 1. The molecule has 1 rings (SSSR count). The molecule has 0 aliphatic heterocycles. The van der Waals surface area contributed by atoms with E-state index in [9.17, 15) is 0 Å². The van der Waals surface area contributed by atoms with Gasteiger partial charge >= 0.3 is 0 Å². The van der Waals surface area contributed by atoms with Crippen LogP contribution < -0.4 is 5.32 Å². The second-order valence-electron chi connectivity index (χ2n) is 6.25. The molecule has 1 aromatic carbocycles. The molecule has 0 atom stereocenters. The molecule has 4 heteroatoms. The van der Waals surface area contributed by atoms with Crippen LogP contribution in [0.4, 0.5) is 0 Å². The van der Waals surface area contributed by atoms with E-state index in [0.717, 1.165) is 19.5 Å². The van der Waals surface area contributed by atoms with E-state index in [1.165, 1.54) is 62.9 Å². The smallest absolute Gasteiger partial charge is 0.0205 e. The summed E-state index contributed by atoms with van der Waals surface area (Å²) >= 11 is 0. The van der Waals surface area contributed by atoms with Gasteiger partial charge in [-0.3, -0.25) is 0 Å². The molecule has 0 unspecified atom stereocenters. The molecule has 0 bridgehead atoms. The summed E-state index contributed by atoms with van der Waals surface area (Å²) in [5, 5.41) is 3.58. The van der Waals surface area contributed by atoms with Gasteiger partial charge in [0.05, 0.1) is 0 Å². The highest BCUT2D eigenvalue weighted by atomic mass is 35.5. The largest absolute Gasteiger partial charge is 0.313 e. The van der Waals surface area contributed by atoms with E-state index in [2.05, 4.69) is 55.3 Å². The van der Waals surface area contributed by atoms with Gasteiger partial charge < -0.3 is 10.2 Å². The fraction of sp³-hybridized carbons (Fsp3) is 0.700. The molecule has 0 heterocycles. The van der Waals surface area contributed by atoms with Crippen molar-refractivity contribution in [3.63, 3.8) is 0 Å². The van der Waals surface area contributed by atoms with Gasteiger partial charge in [-0.1, -0.05) is 57.9 Å². The first kappa shape index (κ1) is 26.0. The van der Waals surface area contributed by atoms with Crippen LogP contribution in [0.5, 0.6) is 0 Å². The third-order valence-electron chi connectivity index (χ3n) is 4.24. The fourth-order valence-electron chi connectivity index (χ4n) is 2.65. The van der Waals surface area contributed by atoms with E-state index in [1.54, 1.807) is 0 Å². The van der Waals surface area contributed by atoms with Crippen LogP contribution in [0.15, 0.2) is 24.3 Å². The highest BCUT2D eigenvalue weighted by molar-refractivity contribution is 5.85. The predicted octanol–water partition coefficient (Wildman–Crippen LogP) is 5.47. The molecule has 0 aromatic heterocycles. The first-order valence-electron chi connectivity index (χ1n) is 9.31. The molecule has 0 aliphatic rings.